The highest BCUT2D eigenvalue weighted by Crippen LogP contribution is 2.19. The van der Waals surface area contributed by atoms with Gasteiger partial charge in [-0.25, -0.2) is 0 Å². The van der Waals surface area contributed by atoms with Crippen LogP contribution in [0.3, 0.4) is 0 Å². The Balaban J connectivity index is 2.19. The van der Waals surface area contributed by atoms with E-state index in [-0.39, 0.29) is 12.6 Å². The Morgan fingerprint density at radius 2 is 1.95 bits per heavy atom. The minimum atomic E-state index is 0.0777. The third kappa shape index (κ3) is 3.69. The molecule has 2 heterocycles. The van der Waals surface area contributed by atoms with Gasteiger partial charge in [0.25, 0.3) is 0 Å². The molecule has 20 heavy (non-hydrogen) atoms. The summed E-state index contributed by atoms with van der Waals surface area (Å²) in [6.07, 6.45) is 4.44. The third-order valence-electron chi connectivity index (χ3n) is 3.45. The number of unbranched alkanes of at least 4 members (excludes halogenated alkanes) is 1. The number of nitrogens with two attached hydrogens (primary N) is 1. The van der Waals surface area contributed by atoms with Crippen molar-refractivity contribution in [2.24, 2.45) is 0 Å². The highest BCUT2D eigenvalue weighted by Gasteiger charge is 2.18. The van der Waals surface area contributed by atoms with Gasteiger partial charge in [-0.3, -0.25) is 0 Å². The Labute approximate surface area is 119 Å². The maximum absolute atomic E-state index is 9.19. The maximum Gasteiger partial charge on any atom is 0.232 e. The number of anilines is 3. The SMILES string of the molecule is CCCCN(CCO)c1nc(N)nc(N2CCCC2)n1. The van der Waals surface area contributed by atoms with E-state index in [1.54, 1.807) is 0 Å². The first-order valence-corrected chi connectivity index (χ1v) is 7.37. The van der Waals surface area contributed by atoms with Gasteiger partial charge in [-0.1, -0.05) is 13.3 Å². The Morgan fingerprint density at radius 1 is 1.20 bits per heavy atom. The quantitative estimate of drug-likeness (QED) is 0.757. The molecule has 0 radical (unpaired) electrons. The topological polar surface area (TPSA) is 91.4 Å². The van der Waals surface area contributed by atoms with Gasteiger partial charge >= 0.3 is 0 Å². The second kappa shape index (κ2) is 7.23. The number of nitrogens with zero attached hydrogens (tertiary/aromatic N) is 5. The minimum absolute atomic E-state index is 0.0777. The molecule has 2 rings (SSSR count). The minimum Gasteiger partial charge on any atom is -0.395 e. The molecule has 0 aliphatic carbocycles. The summed E-state index contributed by atoms with van der Waals surface area (Å²) in [6.45, 7) is 5.49. The van der Waals surface area contributed by atoms with E-state index >= 15 is 0 Å². The van der Waals surface area contributed by atoms with Crippen molar-refractivity contribution >= 4 is 17.8 Å². The average molecular weight is 280 g/mol. The summed E-state index contributed by atoms with van der Waals surface area (Å²) in [6, 6.07) is 0. The molecule has 0 amide bonds. The fourth-order valence-electron chi connectivity index (χ4n) is 2.35. The molecule has 0 aromatic carbocycles. The number of rotatable bonds is 7. The van der Waals surface area contributed by atoms with Crippen molar-refractivity contribution in [3.8, 4) is 0 Å². The van der Waals surface area contributed by atoms with Crippen LogP contribution in [0.4, 0.5) is 17.8 Å². The average Bonchev–Trinajstić information content (AvgIpc) is 2.97. The Bertz CT molecular complexity index is 421. The lowest BCUT2D eigenvalue weighted by molar-refractivity contribution is 0.301. The fourth-order valence-corrected chi connectivity index (χ4v) is 2.35. The van der Waals surface area contributed by atoms with Crippen LogP contribution in [0.15, 0.2) is 0 Å². The van der Waals surface area contributed by atoms with E-state index in [1.165, 1.54) is 0 Å². The van der Waals surface area contributed by atoms with Crippen LogP contribution in [0.5, 0.6) is 0 Å². The summed E-state index contributed by atoms with van der Waals surface area (Å²) in [5, 5.41) is 9.19. The first-order valence-electron chi connectivity index (χ1n) is 7.37. The molecule has 0 saturated carbocycles. The van der Waals surface area contributed by atoms with E-state index < -0.39 is 0 Å². The van der Waals surface area contributed by atoms with E-state index in [0.717, 1.165) is 45.3 Å². The lowest BCUT2D eigenvalue weighted by Crippen LogP contribution is -2.31. The van der Waals surface area contributed by atoms with Crippen LogP contribution >= 0.6 is 0 Å². The highest BCUT2D eigenvalue weighted by molar-refractivity contribution is 5.44. The maximum atomic E-state index is 9.19. The van der Waals surface area contributed by atoms with Crippen LogP contribution < -0.4 is 15.5 Å². The lowest BCUT2D eigenvalue weighted by Gasteiger charge is -2.23. The number of hydrogen-bond acceptors (Lipinski definition) is 7. The molecule has 7 heteroatoms. The Morgan fingerprint density at radius 3 is 2.60 bits per heavy atom. The molecule has 1 aromatic heterocycles. The second-order valence-corrected chi connectivity index (χ2v) is 5.05. The van der Waals surface area contributed by atoms with Crippen molar-refractivity contribution in [2.45, 2.75) is 32.6 Å². The molecule has 0 bridgehead atoms. The molecular weight excluding hydrogens is 256 g/mol. The van der Waals surface area contributed by atoms with Crippen molar-refractivity contribution in [3.63, 3.8) is 0 Å². The van der Waals surface area contributed by atoms with Crippen molar-refractivity contribution in [1.82, 2.24) is 15.0 Å². The summed E-state index contributed by atoms with van der Waals surface area (Å²) in [5.41, 5.74) is 5.81. The first-order chi connectivity index (χ1) is 9.74. The van der Waals surface area contributed by atoms with E-state index in [0.29, 0.717) is 18.4 Å². The zero-order valence-corrected chi connectivity index (χ0v) is 12.1. The van der Waals surface area contributed by atoms with Crippen molar-refractivity contribution in [3.05, 3.63) is 0 Å². The second-order valence-electron chi connectivity index (χ2n) is 5.05. The van der Waals surface area contributed by atoms with Crippen LogP contribution in [0.2, 0.25) is 0 Å². The zero-order chi connectivity index (χ0) is 14.4. The van der Waals surface area contributed by atoms with Crippen LogP contribution in [-0.4, -0.2) is 52.8 Å². The van der Waals surface area contributed by atoms with Crippen LogP contribution in [-0.2, 0) is 0 Å². The van der Waals surface area contributed by atoms with Gasteiger partial charge in [0.05, 0.1) is 6.61 Å². The summed E-state index contributed by atoms with van der Waals surface area (Å²) in [5.74, 6) is 1.47. The molecule has 1 aromatic rings. The van der Waals surface area contributed by atoms with Crippen LogP contribution in [0.25, 0.3) is 0 Å². The molecular formula is C13H24N6O. The summed E-state index contributed by atoms with van der Waals surface area (Å²) < 4.78 is 0. The predicted octanol–water partition coefficient (Wildman–Crippen LogP) is 0.653. The molecule has 0 atom stereocenters. The third-order valence-corrected chi connectivity index (χ3v) is 3.45. The molecule has 112 valence electrons. The fraction of sp³-hybridized carbons (Fsp3) is 0.769. The van der Waals surface area contributed by atoms with E-state index in [4.69, 9.17) is 5.73 Å². The molecule has 3 N–H and O–H groups in total. The summed E-state index contributed by atoms with van der Waals surface area (Å²) >= 11 is 0. The standard InChI is InChI=1S/C13H24N6O/c1-2-3-6-19(9-10-20)13-16-11(14)15-12(17-13)18-7-4-5-8-18/h20H,2-10H2,1H3,(H2,14,15,16,17). The molecule has 0 spiro atoms. The normalized spacial score (nSPS) is 14.8. The Hall–Kier alpha value is -1.63. The van der Waals surface area contributed by atoms with Crippen molar-refractivity contribution in [1.29, 1.82) is 0 Å². The number of nitrogen functional groups attached to an aromatic ring is 1. The molecule has 1 fully saturated rings. The van der Waals surface area contributed by atoms with E-state index in [1.807, 2.05) is 4.90 Å². The number of aromatic nitrogens is 3. The van der Waals surface area contributed by atoms with Gasteiger partial charge in [0.2, 0.25) is 17.8 Å². The zero-order valence-electron chi connectivity index (χ0n) is 12.1. The predicted molar refractivity (Wildman–Crippen MR) is 79.9 cm³/mol. The smallest absolute Gasteiger partial charge is 0.232 e. The van der Waals surface area contributed by atoms with Gasteiger partial charge in [0, 0.05) is 26.2 Å². The van der Waals surface area contributed by atoms with Gasteiger partial charge < -0.3 is 20.6 Å². The van der Waals surface area contributed by atoms with Crippen LogP contribution in [0, 0.1) is 0 Å². The van der Waals surface area contributed by atoms with Gasteiger partial charge in [0.15, 0.2) is 0 Å². The Kier molecular flexibility index (Phi) is 5.34. The van der Waals surface area contributed by atoms with E-state index in [9.17, 15) is 5.11 Å². The molecule has 1 saturated heterocycles. The molecule has 7 nitrogen and oxygen atoms in total. The molecule has 1 aliphatic heterocycles. The number of aliphatic hydroxyl groups excluding tert-OH is 1. The number of aliphatic hydroxyl groups is 1. The summed E-state index contributed by atoms with van der Waals surface area (Å²) in [7, 11) is 0. The van der Waals surface area contributed by atoms with Crippen molar-refractivity contribution in [2.75, 3.05) is 48.3 Å². The largest absolute Gasteiger partial charge is 0.395 e. The molecule has 1 aliphatic rings. The van der Waals surface area contributed by atoms with Crippen molar-refractivity contribution < 1.29 is 5.11 Å². The van der Waals surface area contributed by atoms with Gasteiger partial charge in [-0.15, -0.1) is 0 Å². The van der Waals surface area contributed by atoms with Crippen LogP contribution in [0.1, 0.15) is 32.6 Å². The first kappa shape index (κ1) is 14.8. The molecule has 0 unspecified atom stereocenters. The van der Waals surface area contributed by atoms with Gasteiger partial charge in [-0.2, -0.15) is 15.0 Å². The van der Waals surface area contributed by atoms with Gasteiger partial charge in [-0.05, 0) is 19.3 Å². The monoisotopic (exact) mass is 280 g/mol. The van der Waals surface area contributed by atoms with E-state index in [2.05, 4.69) is 26.8 Å². The van der Waals surface area contributed by atoms with Gasteiger partial charge in [0.1, 0.15) is 0 Å². The lowest BCUT2D eigenvalue weighted by atomic mass is 10.3. The highest BCUT2D eigenvalue weighted by atomic mass is 16.3. The number of hydrogen-bond donors (Lipinski definition) is 2. The summed E-state index contributed by atoms with van der Waals surface area (Å²) in [4.78, 5) is 17.1.